The summed E-state index contributed by atoms with van der Waals surface area (Å²) in [6.45, 7) is 0. The number of nitrogen functional groups attached to an aromatic ring is 1. The maximum Gasteiger partial charge on any atom is 0.417 e. The lowest BCUT2D eigenvalue weighted by molar-refractivity contribution is -0.137. The summed E-state index contributed by atoms with van der Waals surface area (Å²) in [6, 6.07) is 12.0. The molecule has 2 aromatic heterocycles. The zero-order chi connectivity index (χ0) is 23.8. The van der Waals surface area contributed by atoms with E-state index in [0.29, 0.717) is 10.6 Å². The second-order valence-corrected chi connectivity index (χ2v) is 8.02. The van der Waals surface area contributed by atoms with E-state index in [1.165, 1.54) is 26.4 Å². The fraction of sp³-hybridized carbons (Fsp3) is 0.130. The largest absolute Gasteiger partial charge is 0.497 e. The van der Waals surface area contributed by atoms with Gasteiger partial charge in [0, 0.05) is 17.1 Å². The minimum absolute atomic E-state index is 0.0755. The van der Waals surface area contributed by atoms with Gasteiger partial charge >= 0.3 is 6.18 Å². The van der Waals surface area contributed by atoms with Crippen molar-refractivity contribution >= 4 is 38.8 Å². The smallest absolute Gasteiger partial charge is 0.417 e. The Bertz CT molecular complexity index is 1320. The molecule has 0 saturated carbocycles. The summed E-state index contributed by atoms with van der Waals surface area (Å²) in [5.41, 5.74) is 4.34. The average molecular weight is 473 g/mol. The van der Waals surface area contributed by atoms with E-state index in [1.54, 1.807) is 36.5 Å². The quantitative estimate of drug-likeness (QED) is 0.356. The molecule has 0 saturated heterocycles. The highest BCUT2D eigenvalue weighted by Gasteiger charge is 2.37. The molecule has 0 radical (unpaired) electrons. The first-order valence-corrected chi connectivity index (χ1v) is 10.4. The highest BCUT2D eigenvalue weighted by atomic mass is 32.1. The first-order chi connectivity index (χ1) is 15.7. The van der Waals surface area contributed by atoms with E-state index >= 15 is 0 Å². The van der Waals surface area contributed by atoms with Crippen molar-refractivity contribution in [2.75, 3.05) is 25.3 Å². The van der Waals surface area contributed by atoms with Crippen molar-refractivity contribution in [2.24, 2.45) is 0 Å². The number of amides is 1. The number of aromatic nitrogens is 1. The number of nitrogens with zero attached hydrogens (tertiary/aromatic N) is 1. The van der Waals surface area contributed by atoms with Crippen molar-refractivity contribution in [1.82, 2.24) is 4.98 Å². The van der Waals surface area contributed by atoms with E-state index in [2.05, 4.69) is 10.3 Å². The number of pyridine rings is 1. The molecule has 170 valence electrons. The number of benzene rings is 2. The summed E-state index contributed by atoms with van der Waals surface area (Å²) in [4.78, 5) is 18.2. The second-order valence-electron chi connectivity index (χ2n) is 6.99. The van der Waals surface area contributed by atoms with Crippen LogP contribution in [0.4, 0.5) is 24.5 Å². The van der Waals surface area contributed by atoms with Crippen molar-refractivity contribution in [3.8, 4) is 22.6 Å². The predicted molar refractivity (Wildman–Crippen MR) is 122 cm³/mol. The number of nitrogens with two attached hydrogens (primary N) is 1. The van der Waals surface area contributed by atoms with Crippen LogP contribution in [0.2, 0.25) is 0 Å². The highest BCUT2D eigenvalue weighted by molar-refractivity contribution is 7.20. The number of fused-ring (bicyclic) bond motifs is 1. The van der Waals surface area contributed by atoms with Gasteiger partial charge in [-0.1, -0.05) is 18.2 Å². The van der Waals surface area contributed by atoms with Crippen LogP contribution in [0, 0.1) is 0 Å². The molecule has 0 fully saturated rings. The lowest BCUT2D eigenvalue weighted by Gasteiger charge is -2.22. The lowest BCUT2D eigenvalue weighted by Crippen LogP contribution is -2.16. The molecule has 4 rings (SSSR count). The minimum atomic E-state index is -4.75. The van der Waals surface area contributed by atoms with Gasteiger partial charge in [0.2, 0.25) is 0 Å². The lowest BCUT2D eigenvalue weighted by atomic mass is 9.95. The van der Waals surface area contributed by atoms with Crippen LogP contribution in [0.1, 0.15) is 15.2 Å². The molecule has 2 heterocycles. The zero-order valence-corrected chi connectivity index (χ0v) is 18.3. The normalized spacial score (nSPS) is 11.4. The Labute approximate surface area is 190 Å². The number of ether oxygens (including phenoxy) is 2. The molecule has 0 aliphatic carbocycles. The van der Waals surface area contributed by atoms with E-state index in [4.69, 9.17) is 15.2 Å². The first kappa shape index (κ1) is 22.4. The fourth-order valence-corrected chi connectivity index (χ4v) is 4.38. The average Bonchev–Trinajstić information content (AvgIpc) is 3.23. The van der Waals surface area contributed by atoms with Crippen LogP contribution in [0.5, 0.6) is 11.5 Å². The summed E-state index contributed by atoms with van der Waals surface area (Å²) in [7, 11) is 2.68. The molecule has 0 unspecified atom stereocenters. The van der Waals surface area contributed by atoms with Crippen LogP contribution in [-0.4, -0.2) is 25.1 Å². The number of carbonyl (C=O) groups is 1. The summed E-state index contributed by atoms with van der Waals surface area (Å²) in [5.74, 6) is -0.336. The summed E-state index contributed by atoms with van der Waals surface area (Å²) >= 11 is 1.12. The van der Waals surface area contributed by atoms with Gasteiger partial charge in [0.15, 0.2) is 5.75 Å². The molecule has 4 aromatic rings. The number of hydrogen-bond acceptors (Lipinski definition) is 6. The Morgan fingerprint density at radius 2 is 1.88 bits per heavy atom. The van der Waals surface area contributed by atoms with Gasteiger partial charge in [-0.05, 0) is 35.9 Å². The third-order valence-corrected chi connectivity index (χ3v) is 5.99. The number of rotatable bonds is 5. The standard InChI is InChI=1S/C23H18F3N3O3S/c1-31-14-7-3-5-12(9-14)18-15(23(24,25)26)11-16(27)20(32-2)19(18)29-21(30)17-10-13-6-4-8-28-22(13)33-17/h3-11H,27H2,1-2H3,(H,29,30). The fourth-order valence-electron chi connectivity index (χ4n) is 3.49. The number of methoxy groups -OCH3 is 2. The molecule has 1 amide bonds. The van der Waals surface area contributed by atoms with Gasteiger partial charge in [-0.3, -0.25) is 4.79 Å². The molecule has 33 heavy (non-hydrogen) atoms. The van der Waals surface area contributed by atoms with Gasteiger partial charge in [-0.25, -0.2) is 4.98 Å². The van der Waals surface area contributed by atoms with Gasteiger partial charge < -0.3 is 20.5 Å². The molecular formula is C23H18F3N3O3S. The number of nitrogens with one attached hydrogen (secondary N) is 1. The molecule has 10 heteroatoms. The molecule has 0 aliphatic rings. The SMILES string of the molecule is COc1cccc(-c2c(C(F)(F)F)cc(N)c(OC)c2NC(=O)c2cc3cccnc3s2)c1. The number of anilines is 2. The summed E-state index contributed by atoms with van der Waals surface area (Å²) in [5, 5.41) is 3.34. The Morgan fingerprint density at radius 3 is 2.55 bits per heavy atom. The monoisotopic (exact) mass is 473 g/mol. The third kappa shape index (κ3) is 4.29. The van der Waals surface area contributed by atoms with Crippen molar-refractivity contribution < 1.29 is 27.4 Å². The Balaban J connectivity index is 1.92. The van der Waals surface area contributed by atoms with Crippen LogP contribution in [0.15, 0.2) is 54.7 Å². The van der Waals surface area contributed by atoms with E-state index in [-0.39, 0.29) is 33.1 Å². The maximum atomic E-state index is 14.1. The Morgan fingerprint density at radius 1 is 1.09 bits per heavy atom. The van der Waals surface area contributed by atoms with Crippen LogP contribution < -0.4 is 20.5 Å². The van der Waals surface area contributed by atoms with E-state index in [1.807, 2.05) is 0 Å². The molecule has 0 spiro atoms. The number of thiophene rings is 1. The maximum absolute atomic E-state index is 14.1. The molecule has 0 bridgehead atoms. The minimum Gasteiger partial charge on any atom is -0.497 e. The van der Waals surface area contributed by atoms with Gasteiger partial charge in [-0.15, -0.1) is 11.3 Å². The van der Waals surface area contributed by atoms with E-state index in [0.717, 1.165) is 22.8 Å². The summed E-state index contributed by atoms with van der Waals surface area (Å²) < 4.78 is 52.7. The van der Waals surface area contributed by atoms with Crippen molar-refractivity contribution in [2.45, 2.75) is 6.18 Å². The van der Waals surface area contributed by atoms with Crippen molar-refractivity contribution in [3.05, 3.63) is 65.2 Å². The molecule has 3 N–H and O–H groups in total. The van der Waals surface area contributed by atoms with Crippen molar-refractivity contribution in [3.63, 3.8) is 0 Å². The topological polar surface area (TPSA) is 86.5 Å². The number of hydrogen-bond donors (Lipinski definition) is 2. The molecule has 6 nitrogen and oxygen atoms in total. The highest BCUT2D eigenvalue weighted by Crippen LogP contribution is 2.48. The first-order valence-electron chi connectivity index (χ1n) is 9.61. The number of carbonyl (C=O) groups excluding carboxylic acids is 1. The Hall–Kier alpha value is -3.79. The predicted octanol–water partition coefficient (Wildman–Crippen LogP) is 5.83. The number of halogens is 3. The molecule has 2 aromatic carbocycles. The summed E-state index contributed by atoms with van der Waals surface area (Å²) in [6.07, 6.45) is -3.16. The zero-order valence-electron chi connectivity index (χ0n) is 17.5. The van der Waals surface area contributed by atoms with Crippen molar-refractivity contribution in [1.29, 1.82) is 0 Å². The van der Waals surface area contributed by atoms with E-state index < -0.39 is 17.6 Å². The Kier molecular flexibility index (Phi) is 5.86. The van der Waals surface area contributed by atoms with Crippen LogP contribution >= 0.6 is 11.3 Å². The third-order valence-electron chi connectivity index (χ3n) is 4.93. The van der Waals surface area contributed by atoms with Gasteiger partial charge in [0.05, 0.1) is 36.0 Å². The van der Waals surface area contributed by atoms with Gasteiger partial charge in [-0.2, -0.15) is 13.2 Å². The molecule has 0 atom stereocenters. The van der Waals surface area contributed by atoms with Crippen LogP contribution in [0.25, 0.3) is 21.3 Å². The molecular weight excluding hydrogens is 455 g/mol. The van der Waals surface area contributed by atoms with Crippen LogP contribution in [-0.2, 0) is 6.18 Å². The second kappa shape index (κ2) is 8.62. The van der Waals surface area contributed by atoms with Gasteiger partial charge in [0.25, 0.3) is 5.91 Å². The van der Waals surface area contributed by atoms with Crippen LogP contribution in [0.3, 0.4) is 0 Å². The van der Waals surface area contributed by atoms with Gasteiger partial charge in [0.1, 0.15) is 10.6 Å². The molecule has 0 aliphatic heterocycles. The van der Waals surface area contributed by atoms with E-state index in [9.17, 15) is 18.0 Å². The number of alkyl halides is 3.